The van der Waals surface area contributed by atoms with Crippen molar-refractivity contribution in [3.8, 4) is 0 Å². The first-order chi connectivity index (χ1) is 5.52. The Morgan fingerprint density at radius 2 is 1.69 bits per heavy atom. The van der Waals surface area contributed by atoms with Gasteiger partial charge in [0.1, 0.15) is 0 Å². The van der Waals surface area contributed by atoms with E-state index in [1.54, 1.807) is 0 Å². The fourth-order valence-electron chi connectivity index (χ4n) is 0.440. The Balaban J connectivity index is 4.72. The molecular weight excluding hydrogens is 220 g/mol. The average molecular weight is 233 g/mol. The van der Waals surface area contributed by atoms with Crippen molar-refractivity contribution in [3.05, 3.63) is 0 Å². The summed E-state index contributed by atoms with van der Waals surface area (Å²) in [5, 5.41) is -2.00. The van der Waals surface area contributed by atoms with Crippen molar-refractivity contribution in [2.45, 2.75) is 19.2 Å². The van der Waals surface area contributed by atoms with Crippen LogP contribution in [0.3, 0.4) is 0 Å². The molecule has 0 aliphatic heterocycles. The fraction of sp³-hybridized carbons (Fsp3) is 1.00. The van der Waals surface area contributed by atoms with Crippen LogP contribution in [0.25, 0.3) is 0 Å². The zero-order valence-electron chi connectivity index (χ0n) is 7.25. The number of hydrogen-bond acceptors (Lipinski definition) is 4. The van der Waals surface area contributed by atoms with E-state index in [1.165, 1.54) is 0 Å². The standard InChI is InChI=1S/C4H13NO6P2/c1-4(2,13(8,9)10)11-12(6,7)3-5/h3,5H2,1-2H3,(H,6,7)(H2,8,9,10). The van der Waals surface area contributed by atoms with Gasteiger partial charge in [-0.15, -0.1) is 0 Å². The molecule has 5 N–H and O–H groups in total. The summed E-state index contributed by atoms with van der Waals surface area (Å²) in [5.41, 5.74) is 4.87. The second-order valence-electron chi connectivity index (χ2n) is 2.90. The molecule has 0 rings (SSSR count). The summed E-state index contributed by atoms with van der Waals surface area (Å²) >= 11 is 0. The van der Waals surface area contributed by atoms with Crippen LogP contribution in [0.2, 0.25) is 0 Å². The van der Waals surface area contributed by atoms with Crippen molar-refractivity contribution in [1.29, 1.82) is 0 Å². The predicted octanol–water partition coefficient (Wildman–Crippen LogP) is 0.0184. The first kappa shape index (κ1) is 13.3. The molecule has 0 saturated carbocycles. The molecule has 0 radical (unpaired) electrons. The molecule has 0 aromatic rings. The maximum Gasteiger partial charge on any atom is 0.357 e. The van der Waals surface area contributed by atoms with Gasteiger partial charge in [0.2, 0.25) is 0 Å². The molecule has 0 fully saturated rings. The highest BCUT2D eigenvalue weighted by atomic mass is 31.2. The normalized spacial score (nSPS) is 18.3. The lowest BCUT2D eigenvalue weighted by Gasteiger charge is -2.27. The molecule has 1 atom stereocenters. The molecular formula is C4H13NO6P2. The molecule has 0 aromatic heterocycles. The van der Waals surface area contributed by atoms with Gasteiger partial charge in [-0.1, -0.05) is 0 Å². The third kappa shape index (κ3) is 3.87. The van der Waals surface area contributed by atoms with Crippen LogP contribution in [0.1, 0.15) is 13.8 Å². The Kier molecular flexibility index (Phi) is 3.86. The van der Waals surface area contributed by atoms with Gasteiger partial charge in [-0.3, -0.25) is 13.7 Å². The minimum absolute atomic E-state index is 0.684. The lowest BCUT2D eigenvalue weighted by atomic mass is 10.5. The SMILES string of the molecule is CC(C)(OP(=O)(O)CN)P(=O)(O)O. The summed E-state index contributed by atoms with van der Waals surface area (Å²) in [5.74, 6) is 0. The van der Waals surface area contributed by atoms with Crippen molar-refractivity contribution in [2.24, 2.45) is 5.73 Å². The Hall–Kier alpha value is 0.260. The quantitative estimate of drug-likeness (QED) is 0.503. The Bertz CT molecular complexity index is 270. The van der Waals surface area contributed by atoms with Gasteiger partial charge >= 0.3 is 15.2 Å². The van der Waals surface area contributed by atoms with Gasteiger partial charge in [0, 0.05) is 0 Å². The zero-order valence-corrected chi connectivity index (χ0v) is 9.03. The van der Waals surface area contributed by atoms with Gasteiger partial charge in [-0.05, 0) is 13.8 Å². The molecule has 0 spiro atoms. The summed E-state index contributed by atoms with van der Waals surface area (Å²) < 4.78 is 26.0. The number of hydrogen-bond donors (Lipinski definition) is 4. The molecule has 1 unspecified atom stereocenters. The second kappa shape index (κ2) is 3.79. The molecule has 80 valence electrons. The van der Waals surface area contributed by atoms with E-state index in [0.717, 1.165) is 13.8 Å². The van der Waals surface area contributed by atoms with Crippen molar-refractivity contribution < 1.29 is 28.3 Å². The van der Waals surface area contributed by atoms with Crippen LogP contribution >= 0.6 is 15.2 Å². The van der Waals surface area contributed by atoms with Crippen molar-refractivity contribution in [3.63, 3.8) is 0 Å². The smallest absolute Gasteiger partial charge is 0.323 e. The van der Waals surface area contributed by atoms with Crippen LogP contribution in [-0.2, 0) is 13.7 Å². The van der Waals surface area contributed by atoms with Crippen molar-refractivity contribution in [1.82, 2.24) is 0 Å². The van der Waals surface area contributed by atoms with E-state index >= 15 is 0 Å². The number of rotatable bonds is 4. The topological polar surface area (TPSA) is 130 Å². The highest BCUT2D eigenvalue weighted by molar-refractivity contribution is 7.56. The molecule has 0 aliphatic rings. The van der Waals surface area contributed by atoms with Crippen LogP contribution in [0.4, 0.5) is 0 Å². The molecule has 0 aromatic carbocycles. The van der Waals surface area contributed by atoms with Gasteiger partial charge in [-0.25, -0.2) is 0 Å². The highest BCUT2D eigenvalue weighted by Gasteiger charge is 2.43. The molecule has 0 amide bonds. The predicted molar refractivity (Wildman–Crippen MR) is 46.1 cm³/mol. The van der Waals surface area contributed by atoms with Crippen LogP contribution in [0.15, 0.2) is 0 Å². The summed E-state index contributed by atoms with van der Waals surface area (Å²) in [4.78, 5) is 26.3. The molecule has 13 heavy (non-hydrogen) atoms. The minimum atomic E-state index is -4.59. The van der Waals surface area contributed by atoms with Crippen LogP contribution in [0.5, 0.6) is 0 Å². The summed E-state index contributed by atoms with van der Waals surface area (Å²) in [7, 11) is -8.69. The lowest BCUT2D eigenvalue weighted by Crippen LogP contribution is -2.24. The Morgan fingerprint density at radius 1 is 1.31 bits per heavy atom. The highest BCUT2D eigenvalue weighted by Crippen LogP contribution is 2.58. The van der Waals surface area contributed by atoms with Crippen LogP contribution < -0.4 is 5.73 Å². The summed E-state index contributed by atoms with van der Waals surface area (Å²) in [6.07, 6.45) is -0.684. The lowest BCUT2D eigenvalue weighted by molar-refractivity contribution is 0.132. The van der Waals surface area contributed by atoms with E-state index in [1.807, 2.05) is 0 Å². The Labute approximate surface area is 75.6 Å². The van der Waals surface area contributed by atoms with E-state index in [-0.39, 0.29) is 0 Å². The van der Waals surface area contributed by atoms with E-state index in [9.17, 15) is 9.13 Å². The summed E-state index contributed by atoms with van der Waals surface area (Å²) in [6.45, 7) is 2.04. The first-order valence-electron chi connectivity index (χ1n) is 3.30. The van der Waals surface area contributed by atoms with Gasteiger partial charge in [0.25, 0.3) is 0 Å². The maximum absolute atomic E-state index is 10.9. The zero-order chi connectivity index (χ0) is 10.9. The maximum atomic E-state index is 10.9. The van der Waals surface area contributed by atoms with Crippen LogP contribution in [0, 0.1) is 0 Å². The van der Waals surface area contributed by atoms with Gasteiger partial charge < -0.3 is 20.4 Å². The van der Waals surface area contributed by atoms with Gasteiger partial charge in [0.05, 0.1) is 6.29 Å². The van der Waals surface area contributed by atoms with Crippen molar-refractivity contribution in [2.75, 3.05) is 6.29 Å². The average Bonchev–Trinajstić information content (AvgIpc) is 1.83. The third-order valence-electron chi connectivity index (χ3n) is 1.30. The first-order valence-corrected chi connectivity index (χ1v) is 6.68. The fourth-order valence-corrected chi connectivity index (χ4v) is 2.02. The molecule has 0 saturated heterocycles. The minimum Gasteiger partial charge on any atom is -0.323 e. The van der Waals surface area contributed by atoms with Crippen LogP contribution in [-0.4, -0.2) is 26.3 Å². The third-order valence-corrected chi connectivity index (χ3v) is 4.14. The Morgan fingerprint density at radius 3 is 1.92 bits per heavy atom. The van der Waals surface area contributed by atoms with Crippen molar-refractivity contribution >= 4 is 15.2 Å². The molecule has 9 heteroatoms. The van der Waals surface area contributed by atoms with E-state index in [0.29, 0.717) is 0 Å². The largest absolute Gasteiger partial charge is 0.357 e. The van der Waals surface area contributed by atoms with Gasteiger partial charge in [0.15, 0.2) is 5.34 Å². The molecule has 0 aliphatic carbocycles. The summed E-state index contributed by atoms with van der Waals surface area (Å²) in [6, 6.07) is 0. The monoisotopic (exact) mass is 233 g/mol. The second-order valence-corrected chi connectivity index (χ2v) is 6.89. The van der Waals surface area contributed by atoms with E-state index in [2.05, 4.69) is 4.52 Å². The molecule has 0 heterocycles. The molecule has 0 bridgehead atoms. The van der Waals surface area contributed by atoms with E-state index < -0.39 is 26.8 Å². The molecule has 7 nitrogen and oxygen atoms in total. The van der Waals surface area contributed by atoms with Gasteiger partial charge in [-0.2, -0.15) is 0 Å². The van der Waals surface area contributed by atoms with E-state index in [4.69, 9.17) is 20.4 Å². The number of nitrogens with two attached hydrogens (primary N) is 1.